The molecule has 1 nitrogen and oxygen atoms in total. The van der Waals surface area contributed by atoms with E-state index in [0.29, 0.717) is 6.61 Å². The van der Waals surface area contributed by atoms with Crippen molar-refractivity contribution in [2.45, 2.75) is 6.61 Å². The largest absolute Gasteiger partial charge is 0.488 e. The van der Waals surface area contributed by atoms with Gasteiger partial charge in [0.05, 0.1) is 0 Å². The minimum atomic E-state index is 0.586. The molecule has 18 heavy (non-hydrogen) atoms. The third-order valence-electron chi connectivity index (χ3n) is 2.92. The topological polar surface area (TPSA) is 9.23 Å². The number of fused-ring (bicyclic) bond motifs is 1. The first-order valence-electron chi connectivity index (χ1n) is 5.99. The molecule has 0 aliphatic carbocycles. The van der Waals surface area contributed by atoms with Crippen LogP contribution >= 0.6 is 0 Å². The van der Waals surface area contributed by atoms with Gasteiger partial charge in [0.25, 0.3) is 0 Å². The molecule has 0 fully saturated rings. The zero-order valence-corrected chi connectivity index (χ0v) is 9.97. The molecule has 3 rings (SSSR count). The van der Waals surface area contributed by atoms with Crippen LogP contribution in [0.4, 0.5) is 0 Å². The van der Waals surface area contributed by atoms with Crippen molar-refractivity contribution in [2.75, 3.05) is 0 Å². The van der Waals surface area contributed by atoms with Gasteiger partial charge in [-0.25, -0.2) is 0 Å². The van der Waals surface area contributed by atoms with Crippen LogP contribution in [0.25, 0.3) is 10.8 Å². The Hall–Kier alpha value is -2.28. The summed E-state index contributed by atoms with van der Waals surface area (Å²) in [6.07, 6.45) is 0. The monoisotopic (exact) mass is 233 g/mol. The molecule has 0 atom stereocenters. The molecule has 0 aliphatic heterocycles. The average molecular weight is 233 g/mol. The minimum absolute atomic E-state index is 0.586. The summed E-state index contributed by atoms with van der Waals surface area (Å²) >= 11 is 0. The SMILES string of the molecule is [c]1cc(OCc2ccccc2)c2ccccc2c1. The highest BCUT2D eigenvalue weighted by molar-refractivity contribution is 5.87. The van der Waals surface area contributed by atoms with Crippen molar-refractivity contribution in [3.63, 3.8) is 0 Å². The van der Waals surface area contributed by atoms with E-state index in [9.17, 15) is 0 Å². The van der Waals surface area contributed by atoms with Crippen molar-refractivity contribution in [3.8, 4) is 5.75 Å². The van der Waals surface area contributed by atoms with Gasteiger partial charge < -0.3 is 4.74 Å². The van der Waals surface area contributed by atoms with Gasteiger partial charge in [-0.2, -0.15) is 0 Å². The van der Waals surface area contributed by atoms with E-state index in [2.05, 4.69) is 30.3 Å². The van der Waals surface area contributed by atoms with Crippen LogP contribution in [0.5, 0.6) is 5.75 Å². The molecule has 0 N–H and O–H groups in total. The second-order valence-electron chi connectivity index (χ2n) is 4.18. The summed E-state index contributed by atoms with van der Waals surface area (Å²) in [5.41, 5.74) is 1.17. The summed E-state index contributed by atoms with van der Waals surface area (Å²) in [7, 11) is 0. The molecule has 0 bridgehead atoms. The molecule has 87 valence electrons. The van der Waals surface area contributed by atoms with Gasteiger partial charge in [0.2, 0.25) is 0 Å². The van der Waals surface area contributed by atoms with Gasteiger partial charge in [0.15, 0.2) is 0 Å². The molecule has 0 saturated carbocycles. The van der Waals surface area contributed by atoms with E-state index >= 15 is 0 Å². The average Bonchev–Trinajstić information content (AvgIpc) is 2.46. The molecule has 0 spiro atoms. The molecular formula is C17H13O. The molecule has 0 saturated heterocycles. The van der Waals surface area contributed by atoms with Crippen LogP contribution in [0.1, 0.15) is 5.56 Å². The molecule has 0 aliphatic rings. The Labute approximate surface area is 107 Å². The first-order chi connectivity index (χ1) is 8.93. The number of rotatable bonds is 3. The Morgan fingerprint density at radius 3 is 2.50 bits per heavy atom. The highest BCUT2D eigenvalue weighted by Gasteiger charge is 2.01. The van der Waals surface area contributed by atoms with E-state index in [4.69, 9.17) is 4.74 Å². The standard InChI is InChI=1S/C17H13O/c1-2-7-14(8-3-1)13-18-17-12-6-10-15-9-4-5-11-16(15)17/h1-5,7-12H,13H2. The van der Waals surface area contributed by atoms with Crippen molar-refractivity contribution in [2.24, 2.45) is 0 Å². The quantitative estimate of drug-likeness (QED) is 0.658. The Bertz CT molecular complexity index is 639. The number of ether oxygens (including phenoxy) is 1. The Balaban J connectivity index is 1.87. The Kier molecular flexibility index (Phi) is 2.97. The fourth-order valence-corrected chi connectivity index (χ4v) is 1.99. The van der Waals surface area contributed by atoms with E-state index in [1.54, 1.807) is 0 Å². The van der Waals surface area contributed by atoms with Crippen LogP contribution in [-0.2, 0) is 6.61 Å². The zero-order valence-electron chi connectivity index (χ0n) is 9.97. The van der Waals surface area contributed by atoms with Crippen LogP contribution < -0.4 is 4.74 Å². The lowest BCUT2D eigenvalue weighted by atomic mass is 10.1. The third kappa shape index (κ3) is 2.21. The second-order valence-corrected chi connectivity index (χ2v) is 4.18. The van der Waals surface area contributed by atoms with Crippen molar-refractivity contribution in [1.82, 2.24) is 0 Å². The van der Waals surface area contributed by atoms with Crippen molar-refractivity contribution in [1.29, 1.82) is 0 Å². The van der Waals surface area contributed by atoms with E-state index in [1.165, 1.54) is 5.56 Å². The van der Waals surface area contributed by atoms with E-state index in [1.807, 2.05) is 42.5 Å². The number of hydrogen-bond donors (Lipinski definition) is 0. The van der Waals surface area contributed by atoms with E-state index < -0.39 is 0 Å². The normalized spacial score (nSPS) is 10.4. The summed E-state index contributed by atoms with van der Waals surface area (Å²) in [5, 5.41) is 2.29. The van der Waals surface area contributed by atoms with Gasteiger partial charge in [-0.05, 0) is 29.1 Å². The maximum absolute atomic E-state index is 5.87. The third-order valence-corrected chi connectivity index (χ3v) is 2.92. The molecule has 3 aromatic carbocycles. The smallest absolute Gasteiger partial charge is 0.128 e. The first kappa shape index (κ1) is 10.8. The van der Waals surface area contributed by atoms with Crippen LogP contribution in [-0.4, -0.2) is 0 Å². The fourth-order valence-electron chi connectivity index (χ4n) is 1.99. The lowest BCUT2D eigenvalue weighted by Gasteiger charge is -2.09. The molecule has 0 unspecified atom stereocenters. The van der Waals surface area contributed by atoms with Crippen LogP contribution in [0.3, 0.4) is 0 Å². The predicted molar refractivity (Wildman–Crippen MR) is 73.6 cm³/mol. The van der Waals surface area contributed by atoms with E-state index in [0.717, 1.165) is 16.5 Å². The molecule has 0 aromatic heterocycles. The van der Waals surface area contributed by atoms with Gasteiger partial charge in [-0.15, -0.1) is 0 Å². The van der Waals surface area contributed by atoms with Gasteiger partial charge >= 0.3 is 0 Å². The molecule has 0 amide bonds. The van der Waals surface area contributed by atoms with Gasteiger partial charge in [-0.1, -0.05) is 54.6 Å². The highest BCUT2D eigenvalue weighted by atomic mass is 16.5. The van der Waals surface area contributed by atoms with Crippen molar-refractivity contribution < 1.29 is 4.74 Å². The van der Waals surface area contributed by atoms with Crippen molar-refractivity contribution in [3.05, 3.63) is 78.4 Å². The van der Waals surface area contributed by atoms with E-state index in [-0.39, 0.29) is 0 Å². The Morgan fingerprint density at radius 1 is 0.833 bits per heavy atom. The zero-order chi connectivity index (χ0) is 12.2. The summed E-state index contributed by atoms with van der Waals surface area (Å²) in [6, 6.07) is 25.4. The molecule has 1 heteroatoms. The lowest BCUT2D eigenvalue weighted by Crippen LogP contribution is -1.95. The maximum atomic E-state index is 5.87. The highest BCUT2D eigenvalue weighted by Crippen LogP contribution is 2.25. The lowest BCUT2D eigenvalue weighted by molar-refractivity contribution is 0.310. The molecule has 0 heterocycles. The Morgan fingerprint density at radius 2 is 1.61 bits per heavy atom. The maximum Gasteiger partial charge on any atom is 0.128 e. The van der Waals surface area contributed by atoms with Crippen LogP contribution in [0, 0.1) is 6.07 Å². The number of hydrogen-bond acceptors (Lipinski definition) is 1. The first-order valence-corrected chi connectivity index (χ1v) is 5.99. The van der Waals surface area contributed by atoms with Gasteiger partial charge in [0, 0.05) is 5.39 Å². The summed E-state index contributed by atoms with van der Waals surface area (Å²) in [4.78, 5) is 0. The molecular weight excluding hydrogens is 220 g/mol. The summed E-state index contributed by atoms with van der Waals surface area (Å²) in [6.45, 7) is 0.586. The predicted octanol–water partition coefficient (Wildman–Crippen LogP) is 4.22. The number of benzene rings is 3. The van der Waals surface area contributed by atoms with Crippen LogP contribution in [0.15, 0.2) is 66.7 Å². The second kappa shape index (κ2) is 4.92. The summed E-state index contributed by atoms with van der Waals surface area (Å²) < 4.78 is 5.87. The molecule has 3 aromatic rings. The van der Waals surface area contributed by atoms with Gasteiger partial charge in [-0.3, -0.25) is 0 Å². The minimum Gasteiger partial charge on any atom is -0.488 e. The molecule has 1 radical (unpaired) electrons. The fraction of sp³-hybridized carbons (Fsp3) is 0.0588. The summed E-state index contributed by atoms with van der Waals surface area (Å²) in [5.74, 6) is 0.886. The van der Waals surface area contributed by atoms with Gasteiger partial charge in [0.1, 0.15) is 12.4 Å². The van der Waals surface area contributed by atoms with Crippen LogP contribution in [0.2, 0.25) is 0 Å². The van der Waals surface area contributed by atoms with Crippen molar-refractivity contribution >= 4 is 10.8 Å².